The van der Waals surface area contributed by atoms with E-state index in [9.17, 15) is 13.2 Å². The largest absolute Gasteiger partial charge is 0.302 e. The Balaban J connectivity index is 1.57. The molecule has 2 N–H and O–H groups in total. The van der Waals surface area contributed by atoms with E-state index in [0.717, 1.165) is 16.1 Å². The number of hydrogen-bond donors (Lipinski definition) is 2. The molecule has 0 unspecified atom stereocenters. The van der Waals surface area contributed by atoms with Crippen molar-refractivity contribution in [1.82, 2.24) is 9.71 Å². The summed E-state index contributed by atoms with van der Waals surface area (Å²) in [7, 11) is -3.77. The number of hydrogen-bond acceptors (Lipinski definition) is 5. The molecule has 0 fully saturated rings. The Morgan fingerprint density at radius 1 is 1.11 bits per heavy atom. The van der Waals surface area contributed by atoms with Gasteiger partial charge in [0.15, 0.2) is 5.13 Å². The van der Waals surface area contributed by atoms with Gasteiger partial charge in [-0.15, -0.1) is 0 Å². The van der Waals surface area contributed by atoms with Crippen molar-refractivity contribution in [1.29, 1.82) is 0 Å². The van der Waals surface area contributed by atoms with Gasteiger partial charge in [-0.2, -0.15) is 0 Å². The molecule has 0 bridgehead atoms. The van der Waals surface area contributed by atoms with Gasteiger partial charge in [-0.3, -0.25) is 4.79 Å². The molecule has 0 radical (unpaired) electrons. The van der Waals surface area contributed by atoms with Crippen LogP contribution in [0.15, 0.2) is 59.5 Å². The molecular weight excluding hydrogens is 418 g/mol. The molecule has 0 aliphatic rings. The predicted octanol–water partition coefficient (Wildman–Crippen LogP) is 4.08. The Labute approximate surface area is 172 Å². The van der Waals surface area contributed by atoms with Crippen LogP contribution in [0.4, 0.5) is 5.13 Å². The maximum absolute atomic E-state index is 12.3. The third kappa shape index (κ3) is 4.96. The average Bonchev–Trinajstić information content (AvgIpc) is 3.02. The number of thiazole rings is 1. The summed E-state index contributed by atoms with van der Waals surface area (Å²) < 4.78 is 26.9. The zero-order valence-corrected chi connectivity index (χ0v) is 17.4. The van der Waals surface area contributed by atoms with Gasteiger partial charge >= 0.3 is 0 Å². The van der Waals surface area contributed by atoms with Crippen molar-refractivity contribution in [3.8, 4) is 10.4 Å². The number of carbonyl (C=O) groups excluding carboxylic acids is 1. The van der Waals surface area contributed by atoms with Gasteiger partial charge in [0, 0.05) is 13.0 Å². The number of carbonyl (C=O) groups is 1. The minimum atomic E-state index is -3.77. The smallest absolute Gasteiger partial charge is 0.242 e. The van der Waals surface area contributed by atoms with Crippen LogP contribution in [-0.2, 0) is 14.8 Å². The normalized spacial score (nSPS) is 11.4. The number of sulfonamides is 1. The number of aryl methyl sites for hydroxylation is 1. The molecule has 6 nitrogen and oxygen atoms in total. The summed E-state index contributed by atoms with van der Waals surface area (Å²) >= 11 is 7.30. The highest BCUT2D eigenvalue weighted by atomic mass is 35.5. The van der Waals surface area contributed by atoms with Crippen molar-refractivity contribution < 1.29 is 13.2 Å². The van der Waals surface area contributed by atoms with Gasteiger partial charge in [0.1, 0.15) is 4.90 Å². The summed E-state index contributed by atoms with van der Waals surface area (Å²) in [5.74, 6) is -0.324. The SMILES string of the molecule is Cc1nc(NC(=O)CCNS(=O)(=O)c2ccccc2Cl)sc1-c1ccccc1. The average molecular weight is 436 g/mol. The molecule has 28 heavy (non-hydrogen) atoms. The lowest BCUT2D eigenvalue weighted by Crippen LogP contribution is -2.28. The zero-order valence-electron chi connectivity index (χ0n) is 15.0. The maximum atomic E-state index is 12.3. The summed E-state index contributed by atoms with van der Waals surface area (Å²) in [5, 5.41) is 3.33. The fourth-order valence-corrected chi connectivity index (χ4v) is 5.07. The number of benzene rings is 2. The number of nitrogens with one attached hydrogen (secondary N) is 2. The monoisotopic (exact) mass is 435 g/mol. The highest BCUT2D eigenvalue weighted by molar-refractivity contribution is 7.89. The van der Waals surface area contributed by atoms with E-state index in [1.807, 2.05) is 37.3 Å². The van der Waals surface area contributed by atoms with Gasteiger partial charge in [0.25, 0.3) is 0 Å². The van der Waals surface area contributed by atoms with E-state index in [1.54, 1.807) is 12.1 Å². The molecule has 0 aliphatic carbocycles. The third-order valence-corrected chi connectivity index (χ3v) is 6.93. The van der Waals surface area contributed by atoms with E-state index in [2.05, 4.69) is 15.0 Å². The third-order valence-electron chi connectivity index (χ3n) is 3.85. The van der Waals surface area contributed by atoms with Gasteiger partial charge in [-0.1, -0.05) is 65.4 Å². The number of nitrogens with zero attached hydrogens (tertiary/aromatic N) is 1. The second-order valence-corrected chi connectivity index (χ2v) is 9.07. The molecule has 1 amide bonds. The van der Waals surface area contributed by atoms with Crippen molar-refractivity contribution >= 4 is 44.0 Å². The standard InChI is InChI=1S/C19H18ClN3O3S2/c1-13-18(14-7-3-2-4-8-14)27-19(22-13)23-17(24)11-12-21-28(25,26)16-10-6-5-9-15(16)20/h2-10,21H,11-12H2,1H3,(H,22,23,24). The Morgan fingerprint density at radius 2 is 1.79 bits per heavy atom. The van der Waals surface area contributed by atoms with Crippen LogP contribution in [0, 0.1) is 6.92 Å². The first kappa shape index (κ1) is 20.5. The first-order valence-electron chi connectivity index (χ1n) is 8.44. The summed E-state index contributed by atoms with van der Waals surface area (Å²) in [4.78, 5) is 17.5. The molecule has 0 saturated heterocycles. The minimum absolute atomic E-state index is 0.0138. The molecule has 1 aromatic heterocycles. The van der Waals surface area contributed by atoms with Gasteiger partial charge in [0.2, 0.25) is 15.9 Å². The van der Waals surface area contributed by atoms with E-state index in [4.69, 9.17) is 11.6 Å². The number of halogens is 1. The molecular formula is C19H18ClN3O3S2. The van der Waals surface area contributed by atoms with Gasteiger partial charge in [0.05, 0.1) is 15.6 Å². The predicted molar refractivity (Wildman–Crippen MR) is 112 cm³/mol. The van der Waals surface area contributed by atoms with Crippen molar-refractivity contribution in [3.05, 3.63) is 65.3 Å². The first-order chi connectivity index (χ1) is 13.4. The minimum Gasteiger partial charge on any atom is -0.302 e. The second kappa shape index (κ2) is 8.83. The van der Waals surface area contributed by atoms with E-state index in [1.165, 1.54) is 23.5 Å². The van der Waals surface area contributed by atoms with E-state index in [-0.39, 0.29) is 28.8 Å². The van der Waals surface area contributed by atoms with Crippen LogP contribution >= 0.6 is 22.9 Å². The Hall–Kier alpha value is -2.26. The molecule has 146 valence electrons. The molecule has 3 aromatic rings. The second-order valence-electron chi connectivity index (χ2n) is 5.93. The molecule has 9 heteroatoms. The maximum Gasteiger partial charge on any atom is 0.242 e. The Bertz CT molecular complexity index is 1080. The topological polar surface area (TPSA) is 88.2 Å². The van der Waals surface area contributed by atoms with Crippen LogP contribution in [0.3, 0.4) is 0 Å². The molecule has 3 rings (SSSR count). The van der Waals surface area contributed by atoms with Crippen molar-refractivity contribution in [2.45, 2.75) is 18.2 Å². The van der Waals surface area contributed by atoms with Crippen LogP contribution in [0.5, 0.6) is 0 Å². The fourth-order valence-electron chi connectivity index (χ4n) is 2.53. The van der Waals surface area contributed by atoms with E-state index in [0.29, 0.717) is 5.13 Å². The molecule has 0 saturated carbocycles. The van der Waals surface area contributed by atoms with Crippen molar-refractivity contribution in [3.63, 3.8) is 0 Å². The van der Waals surface area contributed by atoms with Gasteiger partial charge in [-0.25, -0.2) is 18.1 Å². The summed E-state index contributed by atoms with van der Waals surface area (Å²) in [6.07, 6.45) is -0.0248. The lowest BCUT2D eigenvalue weighted by Gasteiger charge is -2.08. The van der Waals surface area contributed by atoms with Gasteiger partial charge < -0.3 is 5.32 Å². The van der Waals surface area contributed by atoms with E-state index < -0.39 is 10.0 Å². The van der Waals surface area contributed by atoms with E-state index >= 15 is 0 Å². The number of amides is 1. The van der Waals surface area contributed by atoms with Crippen LogP contribution in [0.25, 0.3) is 10.4 Å². The summed E-state index contributed by atoms with van der Waals surface area (Å²) in [6, 6.07) is 15.9. The molecule has 0 atom stereocenters. The Kier molecular flexibility index (Phi) is 6.46. The van der Waals surface area contributed by atoms with Crippen molar-refractivity contribution in [2.24, 2.45) is 0 Å². The fraction of sp³-hybridized carbons (Fsp3) is 0.158. The molecule has 1 heterocycles. The summed E-state index contributed by atoms with van der Waals surface area (Å²) in [5.41, 5.74) is 1.86. The Morgan fingerprint density at radius 3 is 2.50 bits per heavy atom. The van der Waals surface area contributed by atoms with Crippen LogP contribution < -0.4 is 10.0 Å². The highest BCUT2D eigenvalue weighted by Crippen LogP contribution is 2.32. The van der Waals surface area contributed by atoms with Crippen molar-refractivity contribution in [2.75, 3.05) is 11.9 Å². The molecule has 0 spiro atoms. The van der Waals surface area contributed by atoms with Crippen LogP contribution in [0.1, 0.15) is 12.1 Å². The quantitative estimate of drug-likeness (QED) is 0.585. The zero-order chi connectivity index (χ0) is 20.1. The molecule has 2 aromatic carbocycles. The highest BCUT2D eigenvalue weighted by Gasteiger charge is 2.18. The lowest BCUT2D eigenvalue weighted by molar-refractivity contribution is -0.116. The number of aromatic nitrogens is 1. The summed E-state index contributed by atoms with van der Waals surface area (Å²) in [6.45, 7) is 1.83. The van der Waals surface area contributed by atoms with Crippen LogP contribution in [-0.4, -0.2) is 25.9 Å². The van der Waals surface area contributed by atoms with Crippen LogP contribution in [0.2, 0.25) is 5.02 Å². The van der Waals surface area contributed by atoms with Gasteiger partial charge in [-0.05, 0) is 24.6 Å². The number of anilines is 1. The first-order valence-corrected chi connectivity index (χ1v) is 11.1. The lowest BCUT2D eigenvalue weighted by atomic mass is 10.2. The number of rotatable bonds is 7. The molecule has 0 aliphatic heterocycles.